The summed E-state index contributed by atoms with van der Waals surface area (Å²) < 4.78 is 40.7. The molecule has 5 rings (SSSR count). The van der Waals surface area contributed by atoms with E-state index in [0.717, 1.165) is 0 Å². The van der Waals surface area contributed by atoms with Crippen LogP contribution in [0.3, 0.4) is 0 Å². The van der Waals surface area contributed by atoms with Crippen LogP contribution in [0, 0.1) is 5.92 Å². The van der Waals surface area contributed by atoms with Gasteiger partial charge < -0.3 is 19.7 Å². The van der Waals surface area contributed by atoms with E-state index >= 15 is 0 Å². The van der Waals surface area contributed by atoms with E-state index in [0.29, 0.717) is 63.5 Å². The van der Waals surface area contributed by atoms with E-state index < -0.39 is 18.0 Å². The molecule has 0 bridgehead atoms. The average Bonchev–Trinajstić information content (AvgIpc) is 3.53. The van der Waals surface area contributed by atoms with Crippen molar-refractivity contribution in [2.75, 3.05) is 43.6 Å². The van der Waals surface area contributed by atoms with E-state index in [1.807, 2.05) is 4.90 Å². The summed E-state index contributed by atoms with van der Waals surface area (Å²) in [5, 5.41) is 10.8. The van der Waals surface area contributed by atoms with E-state index in [1.54, 1.807) is 12.3 Å². The maximum absolute atomic E-state index is 13.8. The van der Waals surface area contributed by atoms with Crippen molar-refractivity contribution in [3.05, 3.63) is 35.9 Å². The number of carbonyl (C=O) groups excluding carboxylic acids is 2. The van der Waals surface area contributed by atoms with Crippen LogP contribution in [0.25, 0.3) is 5.65 Å². The number of esters is 1. The van der Waals surface area contributed by atoms with Gasteiger partial charge in [0.15, 0.2) is 11.3 Å². The molecule has 192 valence electrons. The predicted octanol–water partition coefficient (Wildman–Crippen LogP) is 2.86. The van der Waals surface area contributed by atoms with Crippen LogP contribution < -0.4 is 10.2 Å². The van der Waals surface area contributed by atoms with E-state index in [4.69, 9.17) is 9.47 Å². The fourth-order valence-electron chi connectivity index (χ4n) is 4.77. The Labute approximate surface area is 205 Å². The number of methoxy groups -OCH3 is 1. The lowest BCUT2D eigenvalue weighted by atomic mass is 9.86. The van der Waals surface area contributed by atoms with Crippen LogP contribution in [0.5, 0.6) is 0 Å². The molecular weight excluding hydrogens is 476 g/mol. The zero-order valence-electron chi connectivity index (χ0n) is 19.8. The highest BCUT2D eigenvalue weighted by molar-refractivity contribution is 6.08. The molecule has 0 radical (unpaired) electrons. The minimum atomic E-state index is -2.87. The Balaban J connectivity index is 1.35. The van der Waals surface area contributed by atoms with Gasteiger partial charge in [0, 0.05) is 25.5 Å². The van der Waals surface area contributed by atoms with E-state index in [-0.39, 0.29) is 29.2 Å². The molecule has 2 fully saturated rings. The topological polar surface area (TPSA) is 116 Å². The molecule has 1 amide bonds. The number of fused-ring (bicyclic) bond motifs is 1. The molecule has 3 aromatic heterocycles. The Hall–Kier alpha value is -3.61. The maximum atomic E-state index is 13.8. The van der Waals surface area contributed by atoms with Crippen molar-refractivity contribution in [2.24, 2.45) is 5.92 Å². The molecule has 0 spiro atoms. The summed E-state index contributed by atoms with van der Waals surface area (Å²) in [5.41, 5.74) is -0.0778. The highest BCUT2D eigenvalue weighted by Crippen LogP contribution is 2.35. The average molecular weight is 504 g/mol. The van der Waals surface area contributed by atoms with Crippen molar-refractivity contribution in [1.29, 1.82) is 0 Å². The van der Waals surface area contributed by atoms with Gasteiger partial charge in [0.2, 0.25) is 0 Å². The standard InChI is InChI=1S/C23H27F2N7O4/c1-35-23(34)14-2-4-15(5-3-14)32-13-17(19(29-32)20(24)25)27-22(33)16-12-26-31-7-6-18(28-21(16)31)30-8-10-36-11-9-30/h6-7,12-15,20H,2-5,8-11H2,1H3,(H,27,33)/t14-,15-. The molecule has 0 atom stereocenters. The number of amides is 1. The lowest BCUT2D eigenvalue weighted by Gasteiger charge is -2.27. The minimum Gasteiger partial charge on any atom is -0.469 e. The maximum Gasteiger partial charge on any atom is 0.308 e. The van der Waals surface area contributed by atoms with Gasteiger partial charge in [0.25, 0.3) is 12.3 Å². The number of carbonyl (C=O) groups is 2. The second kappa shape index (κ2) is 10.2. The van der Waals surface area contributed by atoms with E-state index in [2.05, 4.69) is 20.5 Å². The molecule has 3 aromatic rings. The van der Waals surface area contributed by atoms with Crippen molar-refractivity contribution in [3.63, 3.8) is 0 Å². The molecule has 1 N–H and O–H groups in total. The largest absolute Gasteiger partial charge is 0.469 e. The van der Waals surface area contributed by atoms with Crippen LogP contribution in [-0.2, 0) is 14.3 Å². The van der Waals surface area contributed by atoms with Crippen molar-refractivity contribution in [3.8, 4) is 0 Å². The molecule has 0 aromatic carbocycles. The van der Waals surface area contributed by atoms with Gasteiger partial charge in [0.05, 0.1) is 44.2 Å². The first-order chi connectivity index (χ1) is 17.4. The van der Waals surface area contributed by atoms with Crippen LogP contribution in [0.2, 0.25) is 0 Å². The summed E-state index contributed by atoms with van der Waals surface area (Å²) in [7, 11) is 1.36. The molecular formula is C23H27F2N7O4. The lowest BCUT2D eigenvalue weighted by Crippen LogP contribution is -2.36. The Bertz CT molecular complexity index is 1250. The first kappa shape index (κ1) is 24.1. The van der Waals surface area contributed by atoms with Crippen LogP contribution in [-0.4, -0.2) is 69.7 Å². The smallest absolute Gasteiger partial charge is 0.308 e. The second-order valence-corrected chi connectivity index (χ2v) is 8.90. The summed E-state index contributed by atoms with van der Waals surface area (Å²) >= 11 is 0. The number of anilines is 2. The number of rotatable bonds is 6. The Morgan fingerprint density at radius 3 is 2.64 bits per heavy atom. The summed E-state index contributed by atoms with van der Waals surface area (Å²) in [6, 6.07) is 1.66. The van der Waals surface area contributed by atoms with Crippen LogP contribution in [0.4, 0.5) is 20.3 Å². The SMILES string of the molecule is COC(=O)[C@H]1CC[C@H](n2cc(NC(=O)c3cnn4ccc(N5CCOCC5)nc34)c(C(F)F)n2)CC1. The number of halogens is 2. The summed E-state index contributed by atoms with van der Waals surface area (Å²) in [5.74, 6) is -0.369. The third kappa shape index (κ3) is 4.74. The Morgan fingerprint density at radius 2 is 1.94 bits per heavy atom. The first-order valence-corrected chi connectivity index (χ1v) is 11.9. The van der Waals surface area contributed by atoms with Gasteiger partial charge in [-0.15, -0.1) is 0 Å². The summed E-state index contributed by atoms with van der Waals surface area (Å²) in [4.78, 5) is 31.5. The van der Waals surface area contributed by atoms with E-state index in [9.17, 15) is 18.4 Å². The second-order valence-electron chi connectivity index (χ2n) is 8.90. The quantitative estimate of drug-likeness (QED) is 0.511. The van der Waals surface area contributed by atoms with Gasteiger partial charge in [-0.1, -0.05) is 0 Å². The zero-order chi connectivity index (χ0) is 25.2. The van der Waals surface area contributed by atoms with Gasteiger partial charge in [-0.05, 0) is 31.7 Å². The first-order valence-electron chi connectivity index (χ1n) is 11.9. The minimum absolute atomic E-state index is 0.0613. The number of hydrogen-bond donors (Lipinski definition) is 1. The lowest BCUT2D eigenvalue weighted by molar-refractivity contribution is -0.146. The monoisotopic (exact) mass is 503 g/mol. The van der Waals surface area contributed by atoms with Gasteiger partial charge in [0.1, 0.15) is 11.4 Å². The number of nitrogens with one attached hydrogen (secondary N) is 1. The molecule has 11 nitrogen and oxygen atoms in total. The molecule has 36 heavy (non-hydrogen) atoms. The van der Waals surface area contributed by atoms with Gasteiger partial charge in [-0.25, -0.2) is 18.3 Å². The third-order valence-electron chi connectivity index (χ3n) is 6.75. The van der Waals surface area contributed by atoms with Crippen molar-refractivity contribution in [2.45, 2.75) is 38.2 Å². The van der Waals surface area contributed by atoms with E-state index in [1.165, 1.54) is 28.7 Å². The van der Waals surface area contributed by atoms with Gasteiger partial charge in [-0.3, -0.25) is 14.3 Å². The van der Waals surface area contributed by atoms with Crippen molar-refractivity contribution >= 4 is 29.0 Å². The molecule has 1 aliphatic carbocycles. The predicted molar refractivity (Wildman–Crippen MR) is 124 cm³/mol. The molecule has 0 unspecified atom stereocenters. The highest BCUT2D eigenvalue weighted by atomic mass is 19.3. The Kier molecular flexibility index (Phi) is 6.81. The van der Waals surface area contributed by atoms with Crippen LogP contribution in [0.1, 0.15) is 54.2 Å². The number of ether oxygens (including phenoxy) is 2. The number of aromatic nitrogens is 5. The van der Waals surface area contributed by atoms with Gasteiger partial charge in [-0.2, -0.15) is 10.2 Å². The highest BCUT2D eigenvalue weighted by Gasteiger charge is 2.30. The number of nitrogens with zero attached hydrogens (tertiary/aromatic N) is 6. The molecule has 1 saturated carbocycles. The Morgan fingerprint density at radius 1 is 1.19 bits per heavy atom. The molecule has 4 heterocycles. The fourth-order valence-corrected chi connectivity index (χ4v) is 4.77. The number of hydrogen-bond acceptors (Lipinski definition) is 8. The summed E-state index contributed by atoms with van der Waals surface area (Å²) in [6.07, 6.45) is 3.99. The normalized spacial score (nSPS) is 20.6. The third-order valence-corrected chi connectivity index (χ3v) is 6.75. The molecule has 1 aliphatic heterocycles. The van der Waals surface area contributed by atoms with Crippen molar-refractivity contribution in [1.82, 2.24) is 24.4 Å². The number of morpholine rings is 1. The zero-order valence-corrected chi connectivity index (χ0v) is 19.8. The van der Waals surface area contributed by atoms with Crippen LogP contribution >= 0.6 is 0 Å². The summed E-state index contributed by atoms with van der Waals surface area (Å²) in [6.45, 7) is 2.53. The molecule has 13 heteroatoms. The number of alkyl halides is 2. The fraction of sp³-hybridized carbons (Fsp3) is 0.522. The molecule has 2 aliphatic rings. The van der Waals surface area contributed by atoms with Crippen LogP contribution in [0.15, 0.2) is 24.7 Å². The van der Waals surface area contributed by atoms with Gasteiger partial charge >= 0.3 is 5.97 Å². The van der Waals surface area contributed by atoms with Crippen molar-refractivity contribution < 1.29 is 27.8 Å². The molecule has 1 saturated heterocycles.